The molecule has 0 spiro atoms. The minimum Gasteiger partial charge on any atom is -0.385 e. The maximum Gasteiger partial charge on any atom is 0.252 e. The summed E-state index contributed by atoms with van der Waals surface area (Å²) in [5, 5.41) is 6.39. The van der Waals surface area contributed by atoms with Crippen molar-refractivity contribution in [1.29, 1.82) is 0 Å². The molecule has 3 N–H and O–H groups in total. The number of hydrogen-bond acceptors (Lipinski definition) is 7. The van der Waals surface area contributed by atoms with E-state index in [9.17, 15) is 16.8 Å². The Labute approximate surface area is 161 Å². The second-order valence-electron chi connectivity index (χ2n) is 3.77. The van der Waals surface area contributed by atoms with Crippen LogP contribution in [-0.2, 0) is 24.8 Å². The lowest BCUT2D eigenvalue weighted by atomic mass is 10.1. The molecule has 1 aromatic rings. The topological polar surface area (TPSA) is 119 Å². The largest absolute Gasteiger partial charge is 0.385 e. The predicted molar refractivity (Wildman–Crippen MR) is 87.4 cm³/mol. The van der Waals surface area contributed by atoms with Crippen LogP contribution in [-0.4, -0.2) is 54.3 Å². The van der Waals surface area contributed by atoms with Crippen LogP contribution in [0.15, 0.2) is 14.5 Å². The zero-order valence-corrected chi connectivity index (χ0v) is 13.7. The first kappa shape index (κ1) is 6.98. The van der Waals surface area contributed by atoms with Crippen LogP contribution in [0.4, 0.5) is 0 Å². The summed E-state index contributed by atoms with van der Waals surface area (Å²) < 4.78 is 171. The van der Waals surface area contributed by atoms with Gasteiger partial charge in [0, 0.05) is 53.3 Å². The zero-order valence-electron chi connectivity index (χ0n) is 26.3. The van der Waals surface area contributed by atoms with Crippen molar-refractivity contribution in [2.24, 2.45) is 5.14 Å². The average molecular weight is 399 g/mol. The highest BCUT2D eigenvalue weighted by atomic mass is 32.3. The molecule has 0 aliphatic carbocycles. The standard InChI is InChI=1S/C12H21N3O5S3/c1-3-14-10-8-15(5-4-6-20-2)23(18,19)12-9(10)7-11(21-12)22(13,16)17/h7,10,14H,3-6,8H2,1-2H3,(H2,13,16,17)/t10-/m0/s1/i1D3,3D2,4D2,5D2,6D2,7D,8D2,10D. The molecule has 11 heteroatoms. The monoisotopic (exact) mass is 398 g/mol. The van der Waals surface area contributed by atoms with Crippen LogP contribution in [0, 0.1) is 0 Å². The number of fused-ring (bicyclic) bond motifs is 1. The van der Waals surface area contributed by atoms with Crippen LogP contribution in [0.2, 0.25) is 0 Å². The number of rotatable bonds is 7. The van der Waals surface area contributed by atoms with E-state index in [1.165, 1.54) is 5.32 Å². The number of sulfonamides is 2. The van der Waals surface area contributed by atoms with E-state index < -0.39 is 89.7 Å². The lowest BCUT2D eigenvalue weighted by Gasteiger charge is -2.32. The molecule has 0 aromatic carbocycles. The molecule has 0 saturated heterocycles. The first-order valence-electron chi connectivity index (χ1n) is 13.0. The van der Waals surface area contributed by atoms with Gasteiger partial charge in [0.15, 0.2) is 0 Å². The number of nitrogens with zero attached hydrogens (tertiary/aromatic N) is 1. The molecule has 2 heterocycles. The second kappa shape index (κ2) is 7.13. The van der Waals surface area contributed by atoms with Crippen LogP contribution in [0.3, 0.4) is 0 Å². The van der Waals surface area contributed by atoms with Crippen molar-refractivity contribution in [2.75, 3.05) is 33.2 Å². The Hall–Kier alpha value is -0.560. The van der Waals surface area contributed by atoms with Crippen molar-refractivity contribution in [3.63, 3.8) is 0 Å². The average Bonchev–Trinajstić information content (AvgIpc) is 3.03. The fourth-order valence-electron chi connectivity index (χ4n) is 1.46. The van der Waals surface area contributed by atoms with Gasteiger partial charge in [0.05, 0.1) is 5.48 Å². The van der Waals surface area contributed by atoms with E-state index in [1.54, 1.807) is 0 Å². The Kier molecular flexibility index (Phi) is 2.16. The van der Waals surface area contributed by atoms with Crippen LogP contribution in [0.1, 0.15) is 45.4 Å². The van der Waals surface area contributed by atoms with Gasteiger partial charge in [0.25, 0.3) is 10.0 Å². The molecule has 0 radical (unpaired) electrons. The SMILES string of the molecule is [2H]c1c(S(N)(=O)=O)sc2c1[C@@]([2H])(NC([2H])([2H])C([2H])([2H])[2H])C([2H])([2H])N(C([2H])([2H])C([2H])([2H])C([2H])([2H])OC)S2(=O)=O. The molecule has 0 fully saturated rings. The molecule has 0 amide bonds. The van der Waals surface area contributed by atoms with Crippen molar-refractivity contribution in [1.82, 2.24) is 9.62 Å². The van der Waals surface area contributed by atoms with Gasteiger partial charge in [0.2, 0.25) is 10.0 Å². The molecule has 1 atom stereocenters. The fourth-order valence-corrected chi connectivity index (χ4v) is 5.00. The molecule has 8 nitrogen and oxygen atoms in total. The van der Waals surface area contributed by atoms with Gasteiger partial charge in [-0.1, -0.05) is 6.85 Å². The number of nitrogens with two attached hydrogens (primary N) is 1. The van der Waals surface area contributed by atoms with Crippen molar-refractivity contribution in [3.05, 3.63) is 11.6 Å². The molecule has 23 heavy (non-hydrogen) atoms. The maximum atomic E-state index is 13.6. The maximum absolute atomic E-state index is 13.6. The highest BCUT2D eigenvalue weighted by Gasteiger charge is 2.39. The van der Waals surface area contributed by atoms with Gasteiger partial charge in [0.1, 0.15) is 8.42 Å². The third kappa shape index (κ3) is 3.92. The Morgan fingerprint density at radius 1 is 1.78 bits per heavy atom. The van der Waals surface area contributed by atoms with Gasteiger partial charge in [-0.05, 0) is 18.9 Å². The third-order valence-electron chi connectivity index (χ3n) is 2.31. The number of primary sulfonamides is 1. The van der Waals surface area contributed by atoms with Gasteiger partial charge in [-0.3, -0.25) is 0 Å². The van der Waals surface area contributed by atoms with E-state index in [2.05, 4.69) is 4.74 Å². The molecule has 1 aliphatic rings. The smallest absolute Gasteiger partial charge is 0.252 e. The summed E-state index contributed by atoms with van der Waals surface area (Å²) in [6.07, 6.45) is -4.10. The third-order valence-corrected chi connectivity index (χ3v) is 6.77. The number of ether oxygens (including phenoxy) is 1. The zero-order chi connectivity index (χ0) is 30.5. The van der Waals surface area contributed by atoms with Gasteiger partial charge in [-0.15, -0.1) is 11.3 Å². The fraction of sp³-hybridized carbons (Fsp3) is 0.667. The Bertz CT molecular complexity index is 1340. The summed E-state index contributed by atoms with van der Waals surface area (Å²) in [6.45, 7) is -19.8. The minimum absolute atomic E-state index is 0.378. The Balaban J connectivity index is 3.17. The second-order valence-corrected chi connectivity index (χ2v) is 8.53. The lowest BCUT2D eigenvalue weighted by molar-refractivity contribution is 0.185. The molecular formula is C12H21N3O5S3. The van der Waals surface area contributed by atoms with Crippen LogP contribution in [0.25, 0.3) is 0 Å². The molecule has 0 unspecified atom stereocenters. The number of hydrogen-bond donors (Lipinski definition) is 2. The number of thiophene rings is 1. The van der Waals surface area contributed by atoms with Gasteiger partial charge in [-0.2, -0.15) is 4.31 Å². The Morgan fingerprint density at radius 2 is 2.52 bits per heavy atom. The molecule has 0 bridgehead atoms. The highest BCUT2D eigenvalue weighted by molar-refractivity contribution is 7.94. The summed E-state index contributed by atoms with van der Waals surface area (Å²) >= 11 is -0.378. The number of methoxy groups -OCH3 is 1. The molecule has 2 rings (SSSR count). The Morgan fingerprint density at radius 3 is 3.13 bits per heavy atom. The first-order valence-corrected chi connectivity index (χ1v) is 9.26. The van der Waals surface area contributed by atoms with Crippen molar-refractivity contribution in [3.8, 4) is 0 Å². The summed E-state index contributed by atoms with van der Waals surface area (Å²) in [5.41, 5.74) is -1.45. The van der Waals surface area contributed by atoms with Gasteiger partial charge in [-0.25, -0.2) is 22.0 Å². The lowest BCUT2D eigenvalue weighted by Crippen LogP contribution is -2.43. The summed E-state index contributed by atoms with van der Waals surface area (Å²) in [5.74, 6) is 0. The normalized spacial score (nSPS) is 39.3. The molecular weight excluding hydrogens is 362 g/mol. The predicted octanol–water partition coefficient (Wildman–Crippen LogP) is 0.0869. The number of nitrogens with one attached hydrogen (secondary N) is 1. The van der Waals surface area contributed by atoms with Crippen LogP contribution in [0.5, 0.6) is 0 Å². The quantitative estimate of drug-likeness (QED) is 0.672. The molecule has 1 aliphatic heterocycles. The van der Waals surface area contributed by atoms with Crippen molar-refractivity contribution in [2.45, 2.75) is 27.7 Å². The van der Waals surface area contributed by atoms with E-state index in [1.807, 2.05) is 0 Å². The van der Waals surface area contributed by atoms with E-state index in [-0.39, 0.29) is 11.3 Å². The molecule has 0 saturated carbocycles. The van der Waals surface area contributed by atoms with Crippen LogP contribution < -0.4 is 10.5 Å². The molecule has 1 aromatic heterocycles. The minimum atomic E-state index is -5.85. The van der Waals surface area contributed by atoms with E-state index in [0.717, 1.165) is 0 Å². The highest BCUT2D eigenvalue weighted by Crippen LogP contribution is 2.39. The molecule has 132 valence electrons. The van der Waals surface area contributed by atoms with Gasteiger partial charge >= 0.3 is 0 Å². The summed E-state index contributed by atoms with van der Waals surface area (Å²) in [6, 6.07) is -5.31. The first-order chi connectivity index (χ1) is 16.4. The van der Waals surface area contributed by atoms with E-state index >= 15 is 0 Å². The van der Waals surface area contributed by atoms with Crippen molar-refractivity contribution >= 4 is 31.4 Å². The number of likely N-dealkylation sites (N-methyl/N-ethyl adjacent to an activating group) is 1. The summed E-state index contributed by atoms with van der Waals surface area (Å²) in [4.78, 5) is 0. The van der Waals surface area contributed by atoms with E-state index in [0.29, 0.717) is 7.11 Å². The van der Waals surface area contributed by atoms with Gasteiger partial charge < -0.3 is 10.1 Å². The van der Waals surface area contributed by atoms with Crippen molar-refractivity contribution < 1.29 is 42.1 Å². The van der Waals surface area contributed by atoms with E-state index in [4.69, 9.17) is 25.7 Å². The van der Waals surface area contributed by atoms with Crippen LogP contribution >= 0.6 is 11.3 Å². The summed E-state index contributed by atoms with van der Waals surface area (Å²) in [7, 11) is -10.3.